The molecule has 7 heteroatoms. The first-order chi connectivity index (χ1) is 9.54. The zero-order chi connectivity index (χ0) is 14.6. The van der Waals surface area contributed by atoms with E-state index in [0.29, 0.717) is 12.4 Å². The topological polar surface area (TPSA) is 75.3 Å². The largest absolute Gasteiger partial charge is 0.494 e. The van der Waals surface area contributed by atoms with E-state index in [0.717, 1.165) is 5.56 Å². The first-order valence-corrected chi connectivity index (χ1v) is 7.65. The molecule has 0 amide bonds. The van der Waals surface area contributed by atoms with Crippen molar-refractivity contribution in [3.63, 3.8) is 0 Å². The van der Waals surface area contributed by atoms with Gasteiger partial charge in [-0.1, -0.05) is 0 Å². The first kappa shape index (κ1) is 14.5. The SMILES string of the molecule is CCOc1ccc(S(=O)(=O)N(C)Cc2cn[nH]c2)cc1. The minimum absolute atomic E-state index is 0.243. The molecule has 108 valence electrons. The zero-order valence-corrected chi connectivity index (χ0v) is 12.2. The summed E-state index contributed by atoms with van der Waals surface area (Å²) >= 11 is 0. The molecule has 0 saturated heterocycles. The number of nitrogens with zero attached hydrogens (tertiary/aromatic N) is 2. The quantitative estimate of drug-likeness (QED) is 0.879. The van der Waals surface area contributed by atoms with Gasteiger partial charge in [0.15, 0.2) is 0 Å². The molecule has 2 rings (SSSR count). The van der Waals surface area contributed by atoms with Crippen LogP contribution in [0, 0.1) is 0 Å². The van der Waals surface area contributed by atoms with Crippen molar-refractivity contribution >= 4 is 10.0 Å². The number of ether oxygens (including phenoxy) is 1. The number of H-pyrrole nitrogens is 1. The lowest BCUT2D eigenvalue weighted by Gasteiger charge is -2.16. The number of aromatic nitrogens is 2. The van der Waals surface area contributed by atoms with E-state index < -0.39 is 10.0 Å². The van der Waals surface area contributed by atoms with Crippen LogP contribution in [0.4, 0.5) is 0 Å². The normalized spacial score (nSPS) is 11.8. The molecule has 0 aliphatic carbocycles. The van der Waals surface area contributed by atoms with Crippen molar-refractivity contribution in [3.8, 4) is 5.75 Å². The number of nitrogens with one attached hydrogen (secondary N) is 1. The lowest BCUT2D eigenvalue weighted by molar-refractivity contribution is 0.340. The van der Waals surface area contributed by atoms with Gasteiger partial charge in [0.25, 0.3) is 0 Å². The van der Waals surface area contributed by atoms with Gasteiger partial charge in [0.05, 0.1) is 17.7 Å². The second-order valence-electron chi connectivity index (χ2n) is 4.27. The standard InChI is InChI=1S/C13H17N3O3S/c1-3-19-12-4-6-13(7-5-12)20(17,18)16(2)10-11-8-14-15-9-11/h4-9H,3,10H2,1-2H3,(H,14,15). The summed E-state index contributed by atoms with van der Waals surface area (Å²) in [5.41, 5.74) is 0.807. The maximum atomic E-state index is 12.4. The van der Waals surface area contributed by atoms with Crippen molar-refractivity contribution in [1.82, 2.24) is 14.5 Å². The Hall–Kier alpha value is -1.86. The lowest BCUT2D eigenvalue weighted by atomic mass is 10.3. The Morgan fingerprint density at radius 2 is 2.00 bits per heavy atom. The summed E-state index contributed by atoms with van der Waals surface area (Å²) in [6.07, 6.45) is 3.27. The highest BCUT2D eigenvalue weighted by atomic mass is 32.2. The molecular weight excluding hydrogens is 278 g/mol. The van der Waals surface area contributed by atoms with Gasteiger partial charge in [0.1, 0.15) is 5.75 Å². The molecule has 2 aromatic rings. The van der Waals surface area contributed by atoms with Crippen LogP contribution in [-0.4, -0.2) is 36.6 Å². The predicted molar refractivity (Wildman–Crippen MR) is 74.9 cm³/mol. The van der Waals surface area contributed by atoms with E-state index in [1.54, 1.807) is 43.7 Å². The van der Waals surface area contributed by atoms with Crippen LogP contribution in [-0.2, 0) is 16.6 Å². The van der Waals surface area contributed by atoms with Gasteiger partial charge in [0.2, 0.25) is 10.0 Å². The summed E-state index contributed by atoms with van der Waals surface area (Å²) in [5, 5.41) is 6.46. The number of hydrogen-bond acceptors (Lipinski definition) is 4. The molecule has 0 radical (unpaired) electrons. The van der Waals surface area contributed by atoms with Gasteiger partial charge >= 0.3 is 0 Å². The third-order valence-electron chi connectivity index (χ3n) is 2.80. The number of rotatable bonds is 6. The molecular formula is C13H17N3O3S. The fourth-order valence-electron chi connectivity index (χ4n) is 1.76. The van der Waals surface area contributed by atoms with Crippen LogP contribution in [0.3, 0.4) is 0 Å². The van der Waals surface area contributed by atoms with Gasteiger partial charge in [-0.25, -0.2) is 8.42 Å². The van der Waals surface area contributed by atoms with E-state index in [-0.39, 0.29) is 11.4 Å². The van der Waals surface area contributed by atoms with Crippen molar-refractivity contribution in [1.29, 1.82) is 0 Å². The van der Waals surface area contributed by atoms with Crippen molar-refractivity contribution < 1.29 is 13.2 Å². The molecule has 0 unspecified atom stereocenters. The predicted octanol–water partition coefficient (Wildman–Crippen LogP) is 1.63. The molecule has 6 nitrogen and oxygen atoms in total. The molecule has 0 aliphatic rings. The van der Waals surface area contributed by atoms with Gasteiger partial charge in [0, 0.05) is 25.4 Å². The minimum Gasteiger partial charge on any atom is -0.494 e. The molecule has 0 saturated carbocycles. The molecule has 0 spiro atoms. The Labute approximate surface area is 118 Å². The van der Waals surface area contributed by atoms with Crippen molar-refractivity contribution in [3.05, 3.63) is 42.2 Å². The lowest BCUT2D eigenvalue weighted by Crippen LogP contribution is -2.26. The molecule has 0 fully saturated rings. The Morgan fingerprint density at radius 1 is 1.30 bits per heavy atom. The van der Waals surface area contributed by atoms with Crippen LogP contribution >= 0.6 is 0 Å². The highest BCUT2D eigenvalue weighted by molar-refractivity contribution is 7.89. The van der Waals surface area contributed by atoms with Gasteiger partial charge in [-0.05, 0) is 31.2 Å². The molecule has 0 atom stereocenters. The van der Waals surface area contributed by atoms with Crippen molar-refractivity contribution in [2.45, 2.75) is 18.4 Å². The summed E-state index contributed by atoms with van der Waals surface area (Å²) in [6, 6.07) is 6.41. The average Bonchev–Trinajstić information content (AvgIpc) is 2.92. The maximum absolute atomic E-state index is 12.4. The maximum Gasteiger partial charge on any atom is 0.243 e. The van der Waals surface area contributed by atoms with Crippen molar-refractivity contribution in [2.75, 3.05) is 13.7 Å². The second-order valence-corrected chi connectivity index (χ2v) is 6.32. The Kier molecular flexibility index (Phi) is 4.41. The van der Waals surface area contributed by atoms with Crippen LogP contribution < -0.4 is 4.74 Å². The van der Waals surface area contributed by atoms with Gasteiger partial charge in [-0.2, -0.15) is 9.40 Å². The molecule has 0 bridgehead atoms. The van der Waals surface area contributed by atoms with E-state index in [1.165, 1.54) is 4.31 Å². The molecule has 20 heavy (non-hydrogen) atoms. The summed E-state index contributed by atoms with van der Waals surface area (Å²) in [6.45, 7) is 2.70. The zero-order valence-electron chi connectivity index (χ0n) is 11.4. The minimum atomic E-state index is -3.51. The van der Waals surface area contributed by atoms with Crippen LogP contribution in [0.1, 0.15) is 12.5 Å². The average molecular weight is 295 g/mol. The molecule has 0 aliphatic heterocycles. The summed E-state index contributed by atoms with van der Waals surface area (Å²) in [7, 11) is -1.97. The van der Waals surface area contributed by atoms with Crippen LogP contribution in [0.15, 0.2) is 41.6 Å². The van der Waals surface area contributed by atoms with Crippen molar-refractivity contribution in [2.24, 2.45) is 0 Å². The van der Waals surface area contributed by atoms with Crippen LogP contribution in [0.25, 0.3) is 0 Å². The fraction of sp³-hybridized carbons (Fsp3) is 0.308. The highest BCUT2D eigenvalue weighted by Crippen LogP contribution is 2.19. The number of benzene rings is 1. The fourth-order valence-corrected chi connectivity index (χ4v) is 2.92. The Morgan fingerprint density at radius 3 is 2.55 bits per heavy atom. The summed E-state index contributed by atoms with van der Waals surface area (Å²) in [4.78, 5) is 0.243. The third kappa shape index (κ3) is 3.17. The Balaban J connectivity index is 2.16. The number of aromatic amines is 1. The molecule has 1 aromatic carbocycles. The van der Waals surface area contributed by atoms with Crippen LogP contribution in [0.2, 0.25) is 0 Å². The first-order valence-electron chi connectivity index (χ1n) is 6.21. The number of sulfonamides is 1. The second kappa shape index (κ2) is 6.06. The third-order valence-corrected chi connectivity index (χ3v) is 4.62. The monoisotopic (exact) mass is 295 g/mol. The van der Waals surface area contributed by atoms with Gasteiger partial charge in [-0.15, -0.1) is 0 Å². The van der Waals surface area contributed by atoms with E-state index >= 15 is 0 Å². The smallest absolute Gasteiger partial charge is 0.243 e. The van der Waals surface area contributed by atoms with E-state index in [9.17, 15) is 8.42 Å². The molecule has 1 aromatic heterocycles. The number of hydrogen-bond donors (Lipinski definition) is 1. The van der Waals surface area contributed by atoms with Gasteiger partial charge in [-0.3, -0.25) is 5.10 Å². The van der Waals surface area contributed by atoms with E-state index in [4.69, 9.17) is 4.74 Å². The summed E-state index contributed by atoms with van der Waals surface area (Å²) < 4.78 is 31.3. The molecule has 1 N–H and O–H groups in total. The summed E-state index contributed by atoms with van der Waals surface area (Å²) in [5.74, 6) is 0.656. The van der Waals surface area contributed by atoms with Crippen LogP contribution in [0.5, 0.6) is 5.75 Å². The van der Waals surface area contributed by atoms with Gasteiger partial charge < -0.3 is 4.74 Å². The highest BCUT2D eigenvalue weighted by Gasteiger charge is 2.21. The molecule has 1 heterocycles. The Bertz CT molecular complexity index is 636. The van der Waals surface area contributed by atoms with E-state index in [1.807, 2.05) is 6.92 Å². The van der Waals surface area contributed by atoms with E-state index in [2.05, 4.69) is 10.2 Å².